The van der Waals surface area contributed by atoms with Gasteiger partial charge in [-0.1, -0.05) is 30.3 Å². The molecule has 3 aromatic rings. The van der Waals surface area contributed by atoms with E-state index in [0.717, 1.165) is 27.8 Å². The fourth-order valence-electron chi connectivity index (χ4n) is 2.76. The highest BCUT2D eigenvalue weighted by Gasteiger charge is 2.04. The summed E-state index contributed by atoms with van der Waals surface area (Å²) in [5.41, 5.74) is 7.00. The first-order valence-corrected chi connectivity index (χ1v) is 10.4. The molecule has 2 heterocycles. The number of nitrogens with two attached hydrogens (primary N) is 1. The van der Waals surface area contributed by atoms with Crippen LogP contribution in [-0.4, -0.2) is 23.3 Å². The number of aryl methyl sites for hydroxylation is 1. The second kappa shape index (κ2) is 11.8. The number of hydrogen-bond donors (Lipinski definition) is 3. The minimum absolute atomic E-state index is 0.154. The van der Waals surface area contributed by atoms with Gasteiger partial charge < -0.3 is 16.4 Å². The highest BCUT2D eigenvalue weighted by atomic mass is 32.1. The van der Waals surface area contributed by atoms with Crippen molar-refractivity contribution in [3.05, 3.63) is 59.1 Å². The highest BCUT2D eigenvalue weighted by Crippen LogP contribution is 2.28. The SMILES string of the molecule is CC(C)NC(=O)CCCc1ccccc1.Nc1nccc2sc(CNC=O)cc12. The van der Waals surface area contributed by atoms with Gasteiger partial charge in [-0.3, -0.25) is 9.59 Å². The number of nitrogens with one attached hydrogen (secondary N) is 2. The van der Waals surface area contributed by atoms with Crippen molar-refractivity contribution in [2.75, 3.05) is 5.73 Å². The molecule has 3 rings (SSSR count). The first-order valence-electron chi connectivity index (χ1n) is 9.62. The highest BCUT2D eigenvalue weighted by molar-refractivity contribution is 7.19. The number of amides is 2. The van der Waals surface area contributed by atoms with Crippen molar-refractivity contribution in [1.82, 2.24) is 15.6 Å². The lowest BCUT2D eigenvalue weighted by molar-refractivity contribution is -0.121. The van der Waals surface area contributed by atoms with Crippen molar-refractivity contribution in [2.45, 2.75) is 45.7 Å². The summed E-state index contributed by atoms with van der Waals surface area (Å²) < 4.78 is 1.10. The van der Waals surface area contributed by atoms with Crippen molar-refractivity contribution < 1.29 is 9.59 Å². The fraction of sp³-hybridized carbons (Fsp3) is 0.318. The van der Waals surface area contributed by atoms with Crippen LogP contribution in [0.25, 0.3) is 10.1 Å². The second-order valence-electron chi connectivity index (χ2n) is 6.88. The average molecular weight is 413 g/mol. The fourth-order valence-corrected chi connectivity index (χ4v) is 3.77. The van der Waals surface area contributed by atoms with Gasteiger partial charge in [-0.05, 0) is 44.4 Å². The van der Waals surface area contributed by atoms with E-state index in [-0.39, 0.29) is 11.9 Å². The Morgan fingerprint density at radius 1 is 1.24 bits per heavy atom. The topological polar surface area (TPSA) is 97.1 Å². The first kappa shape index (κ1) is 22.4. The molecule has 0 spiro atoms. The van der Waals surface area contributed by atoms with Crippen molar-refractivity contribution >= 4 is 39.6 Å². The maximum atomic E-state index is 11.3. The Morgan fingerprint density at radius 2 is 2.00 bits per heavy atom. The van der Waals surface area contributed by atoms with Crippen LogP contribution < -0.4 is 16.4 Å². The number of anilines is 1. The number of nitrogens with zero attached hydrogens (tertiary/aromatic N) is 1. The van der Waals surface area contributed by atoms with Crippen LogP contribution in [-0.2, 0) is 22.6 Å². The van der Waals surface area contributed by atoms with E-state index in [4.69, 9.17) is 5.73 Å². The molecular formula is C22H28N4O2S. The quantitative estimate of drug-likeness (QED) is 0.492. The molecule has 0 radical (unpaired) electrons. The van der Waals surface area contributed by atoms with Crippen LogP contribution in [0, 0.1) is 0 Å². The van der Waals surface area contributed by atoms with E-state index in [2.05, 4.69) is 27.8 Å². The number of carbonyl (C=O) groups excluding carboxylic acids is 2. The molecule has 0 aliphatic heterocycles. The summed E-state index contributed by atoms with van der Waals surface area (Å²) in [7, 11) is 0. The smallest absolute Gasteiger partial charge is 0.220 e. The standard InChI is InChI=1S/C13H19NO.C9H9N3OS/c1-11(2)14-13(15)10-6-9-12-7-4-3-5-8-12;10-9-7-3-6(4-11-5-13)14-8(7)1-2-12-9/h3-5,7-8,11H,6,9-10H2,1-2H3,(H,14,15);1-3,5H,4H2,(H2,10,12)(H,11,13). The number of thiophene rings is 1. The Kier molecular flexibility index (Phi) is 9.11. The van der Waals surface area contributed by atoms with Crippen molar-refractivity contribution in [3.63, 3.8) is 0 Å². The molecule has 0 saturated carbocycles. The maximum absolute atomic E-state index is 11.3. The number of aromatic nitrogens is 1. The van der Waals surface area contributed by atoms with Crippen LogP contribution in [0.1, 0.15) is 37.1 Å². The summed E-state index contributed by atoms with van der Waals surface area (Å²) in [6.45, 7) is 4.51. The van der Waals surface area contributed by atoms with Crippen LogP contribution in [0.15, 0.2) is 48.7 Å². The number of benzene rings is 1. The van der Waals surface area contributed by atoms with E-state index in [1.807, 2.05) is 44.2 Å². The van der Waals surface area contributed by atoms with E-state index < -0.39 is 0 Å². The van der Waals surface area contributed by atoms with Crippen LogP contribution in [0.5, 0.6) is 0 Å². The number of carbonyl (C=O) groups is 2. The zero-order valence-corrected chi connectivity index (χ0v) is 17.7. The lowest BCUT2D eigenvalue weighted by Gasteiger charge is -2.07. The predicted octanol–water partition coefficient (Wildman–Crippen LogP) is 3.66. The molecule has 29 heavy (non-hydrogen) atoms. The predicted molar refractivity (Wildman–Crippen MR) is 120 cm³/mol. The summed E-state index contributed by atoms with van der Waals surface area (Å²) in [5, 5.41) is 6.46. The van der Waals surface area contributed by atoms with Crippen LogP contribution >= 0.6 is 11.3 Å². The summed E-state index contributed by atoms with van der Waals surface area (Å²) in [6, 6.07) is 14.4. The molecule has 1 aromatic carbocycles. The normalized spacial score (nSPS) is 10.3. The summed E-state index contributed by atoms with van der Waals surface area (Å²) >= 11 is 1.61. The summed E-state index contributed by atoms with van der Waals surface area (Å²) in [5.74, 6) is 0.692. The third kappa shape index (κ3) is 7.91. The van der Waals surface area contributed by atoms with Crippen LogP contribution in [0.2, 0.25) is 0 Å². The van der Waals surface area contributed by atoms with Crippen molar-refractivity contribution in [1.29, 1.82) is 0 Å². The van der Waals surface area contributed by atoms with Crippen molar-refractivity contribution in [3.8, 4) is 0 Å². The first-order chi connectivity index (χ1) is 14.0. The number of pyridine rings is 1. The minimum atomic E-state index is 0.154. The lowest BCUT2D eigenvalue weighted by Crippen LogP contribution is -2.29. The third-order valence-electron chi connectivity index (χ3n) is 4.05. The van der Waals surface area contributed by atoms with Gasteiger partial charge in [-0.15, -0.1) is 11.3 Å². The monoisotopic (exact) mass is 412 g/mol. The van der Waals surface area contributed by atoms with E-state index in [1.54, 1.807) is 17.5 Å². The van der Waals surface area contributed by atoms with Gasteiger partial charge in [0.1, 0.15) is 5.82 Å². The van der Waals surface area contributed by atoms with Gasteiger partial charge >= 0.3 is 0 Å². The Bertz CT molecular complexity index is 910. The molecular weight excluding hydrogens is 384 g/mol. The van der Waals surface area contributed by atoms with Gasteiger partial charge in [0.25, 0.3) is 0 Å². The Hall–Kier alpha value is -2.93. The van der Waals surface area contributed by atoms with Crippen LogP contribution in [0.3, 0.4) is 0 Å². The molecule has 0 saturated heterocycles. The van der Waals surface area contributed by atoms with Gasteiger partial charge in [0.15, 0.2) is 0 Å². The lowest BCUT2D eigenvalue weighted by atomic mass is 10.1. The summed E-state index contributed by atoms with van der Waals surface area (Å²) in [4.78, 5) is 26.5. The second-order valence-corrected chi connectivity index (χ2v) is 8.05. The van der Waals surface area contributed by atoms with Gasteiger partial charge in [0.05, 0.1) is 6.54 Å². The number of nitrogen functional groups attached to an aromatic ring is 1. The van der Waals surface area contributed by atoms with E-state index in [0.29, 0.717) is 25.2 Å². The Morgan fingerprint density at radius 3 is 2.66 bits per heavy atom. The molecule has 0 atom stereocenters. The van der Waals surface area contributed by atoms with E-state index in [9.17, 15) is 9.59 Å². The molecule has 0 aliphatic carbocycles. The van der Waals surface area contributed by atoms with Gasteiger partial charge in [-0.25, -0.2) is 4.98 Å². The largest absolute Gasteiger partial charge is 0.383 e. The van der Waals surface area contributed by atoms with Crippen molar-refractivity contribution in [2.24, 2.45) is 0 Å². The molecule has 0 aliphatic rings. The van der Waals surface area contributed by atoms with Crippen LogP contribution in [0.4, 0.5) is 5.82 Å². The molecule has 7 heteroatoms. The Balaban J connectivity index is 0.000000207. The molecule has 4 N–H and O–H groups in total. The maximum Gasteiger partial charge on any atom is 0.220 e. The van der Waals surface area contributed by atoms with Gasteiger partial charge in [0.2, 0.25) is 12.3 Å². The van der Waals surface area contributed by atoms with Gasteiger partial charge in [-0.2, -0.15) is 0 Å². The van der Waals surface area contributed by atoms with E-state index >= 15 is 0 Å². The molecule has 154 valence electrons. The van der Waals surface area contributed by atoms with Gasteiger partial charge in [0, 0.05) is 33.6 Å². The minimum Gasteiger partial charge on any atom is -0.383 e. The number of rotatable bonds is 8. The molecule has 0 fully saturated rings. The third-order valence-corrected chi connectivity index (χ3v) is 5.15. The zero-order chi connectivity index (χ0) is 21.1. The number of hydrogen-bond acceptors (Lipinski definition) is 5. The summed E-state index contributed by atoms with van der Waals surface area (Å²) in [6.07, 6.45) is 4.89. The molecule has 0 bridgehead atoms. The Labute approximate surface area is 175 Å². The molecule has 0 unspecified atom stereocenters. The molecule has 6 nitrogen and oxygen atoms in total. The molecule has 2 amide bonds. The average Bonchev–Trinajstić information content (AvgIpc) is 3.12. The zero-order valence-electron chi connectivity index (χ0n) is 16.9. The molecule has 2 aromatic heterocycles. The van der Waals surface area contributed by atoms with E-state index in [1.165, 1.54) is 5.56 Å². The number of fused-ring (bicyclic) bond motifs is 1.